The second kappa shape index (κ2) is 7.36. The van der Waals surface area contributed by atoms with Crippen molar-refractivity contribution in [2.45, 2.75) is 50.4 Å². The lowest BCUT2D eigenvalue weighted by atomic mass is 9.65. The maximum Gasteiger partial charge on any atom is 0.490 e. The molecule has 29 heavy (non-hydrogen) atoms. The number of alkyl halides is 3. The van der Waals surface area contributed by atoms with Crippen molar-refractivity contribution in [1.82, 2.24) is 4.98 Å². The summed E-state index contributed by atoms with van der Waals surface area (Å²) in [6.45, 7) is 0.619. The number of hydrogen-bond acceptors (Lipinski definition) is 6. The first-order chi connectivity index (χ1) is 13.7. The van der Waals surface area contributed by atoms with Gasteiger partial charge in [-0.05, 0) is 50.3 Å². The van der Waals surface area contributed by atoms with E-state index in [-0.39, 0.29) is 18.6 Å². The van der Waals surface area contributed by atoms with Crippen molar-refractivity contribution in [3.8, 4) is 0 Å². The maximum atomic E-state index is 12.9. The lowest BCUT2D eigenvalue weighted by Crippen LogP contribution is -2.55. The standard InChI is InChI=1S/C19H21ClF3N3O3/c20-11-1-2-14-13(9-11)25-17(28-14)26-8-7-18(5-3-12(24)4-6-18)15(10-26)29-16(27)19(21,22)23/h1-2,9,12,15H,3-8,10,24H2. The minimum atomic E-state index is -5.04. The number of fused-ring (bicyclic) bond motifs is 1. The van der Waals surface area contributed by atoms with E-state index in [1.165, 1.54) is 0 Å². The van der Waals surface area contributed by atoms with Crippen molar-refractivity contribution in [1.29, 1.82) is 0 Å². The fourth-order valence-electron chi connectivity index (χ4n) is 4.35. The van der Waals surface area contributed by atoms with E-state index < -0.39 is 23.7 Å². The Morgan fingerprint density at radius 1 is 1.31 bits per heavy atom. The molecule has 1 saturated heterocycles. The number of nitrogens with two attached hydrogens (primary N) is 1. The largest absolute Gasteiger partial charge is 0.490 e. The molecule has 10 heteroatoms. The van der Waals surface area contributed by atoms with Crippen molar-refractivity contribution >= 4 is 34.7 Å². The zero-order valence-electron chi connectivity index (χ0n) is 15.5. The van der Waals surface area contributed by atoms with Crippen LogP contribution in [0.15, 0.2) is 22.6 Å². The zero-order valence-corrected chi connectivity index (χ0v) is 16.3. The fraction of sp³-hybridized carbons (Fsp3) is 0.579. The normalized spacial score (nSPS) is 28.1. The first-order valence-corrected chi connectivity index (χ1v) is 9.88. The van der Waals surface area contributed by atoms with Gasteiger partial charge in [0.1, 0.15) is 11.6 Å². The Kier molecular flexibility index (Phi) is 5.14. The molecule has 0 bridgehead atoms. The summed E-state index contributed by atoms with van der Waals surface area (Å²) in [4.78, 5) is 17.7. The summed E-state index contributed by atoms with van der Waals surface area (Å²) >= 11 is 5.98. The molecular formula is C19H21ClF3N3O3. The molecular weight excluding hydrogens is 411 g/mol. The summed E-state index contributed by atoms with van der Waals surface area (Å²) in [6, 6.07) is 5.31. The molecule has 2 fully saturated rings. The van der Waals surface area contributed by atoms with Gasteiger partial charge in [-0.1, -0.05) is 11.6 Å². The van der Waals surface area contributed by atoms with E-state index in [9.17, 15) is 18.0 Å². The van der Waals surface area contributed by atoms with Crippen LogP contribution in [0.25, 0.3) is 11.1 Å². The highest BCUT2D eigenvalue weighted by molar-refractivity contribution is 6.31. The van der Waals surface area contributed by atoms with Crippen LogP contribution in [0.5, 0.6) is 0 Å². The van der Waals surface area contributed by atoms with Crippen molar-refractivity contribution in [2.24, 2.45) is 11.1 Å². The summed E-state index contributed by atoms with van der Waals surface area (Å²) in [5, 5.41) is 0.505. The predicted octanol–water partition coefficient (Wildman–Crippen LogP) is 4.05. The SMILES string of the molecule is NC1CCC2(CC1)CCN(c1nc3cc(Cl)ccc3o1)CC2OC(=O)C(F)(F)F. The summed E-state index contributed by atoms with van der Waals surface area (Å²) in [6.07, 6.45) is -2.75. The Labute approximate surface area is 170 Å². The van der Waals surface area contributed by atoms with E-state index in [1.807, 2.05) is 0 Å². The number of carbonyl (C=O) groups excluding carboxylic acids is 1. The summed E-state index contributed by atoms with van der Waals surface area (Å²) < 4.78 is 49.3. The van der Waals surface area contributed by atoms with Gasteiger partial charge < -0.3 is 19.8 Å². The fourth-order valence-corrected chi connectivity index (χ4v) is 4.51. The van der Waals surface area contributed by atoms with Crippen molar-refractivity contribution in [3.63, 3.8) is 0 Å². The van der Waals surface area contributed by atoms with Crippen LogP contribution >= 0.6 is 11.6 Å². The highest BCUT2D eigenvalue weighted by Gasteiger charge is 2.51. The first kappa shape index (κ1) is 20.3. The molecule has 158 valence electrons. The van der Waals surface area contributed by atoms with Gasteiger partial charge in [0.15, 0.2) is 5.58 Å². The van der Waals surface area contributed by atoms with Crippen LogP contribution in [-0.2, 0) is 9.53 Å². The number of nitrogens with zero attached hydrogens (tertiary/aromatic N) is 2. The van der Waals surface area contributed by atoms with Crippen molar-refractivity contribution in [3.05, 3.63) is 23.2 Å². The molecule has 1 aromatic carbocycles. The molecule has 0 radical (unpaired) electrons. The van der Waals surface area contributed by atoms with E-state index in [2.05, 4.69) is 4.98 Å². The van der Waals surface area contributed by atoms with Crippen LogP contribution in [0.2, 0.25) is 5.02 Å². The average Bonchev–Trinajstić information content (AvgIpc) is 3.08. The summed E-state index contributed by atoms with van der Waals surface area (Å²) in [5.74, 6) is -2.16. The second-order valence-electron chi connectivity index (χ2n) is 7.90. The molecule has 6 nitrogen and oxygen atoms in total. The quantitative estimate of drug-likeness (QED) is 0.722. The summed E-state index contributed by atoms with van der Waals surface area (Å²) in [5.41, 5.74) is 6.55. The van der Waals surface area contributed by atoms with Crippen molar-refractivity contribution in [2.75, 3.05) is 18.0 Å². The molecule has 1 aliphatic carbocycles. The number of aromatic nitrogens is 1. The number of esters is 1. The third-order valence-electron chi connectivity index (χ3n) is 6.06. The molecule has 1 aromatic heterocycles. The van der Waals surface area contributed by atoms with Crippen LogP contribution in [0.3, 0.4) is 0 Å². The Balaban J connectivity index is 1.59. The number of halogens is 4. The van der Waals surface area contributed by atoms with E-state index >= 15 is 0 Å². The molecule has 2 aromatic rings. The Hall–Kier alpha value is -2.00. The van der Waals surface area contributed by atoms with Gasteiger partial charge in [0.25, 0.3) is 6.01 Å². The number of benzene rings is 1. The molecule has 1 spiro atoms. The lowest BCUT2D eigenvalue weighted by molar-refractivity contribution is -0.212. The maximum absolute atomic E-state index is 12.9. The molecule has 1 aliphatic heterocycles. The van der Waals surface area contributed by atoms with E-state index in [1.54, 1.807) is 23.1 Å². The minimum Gasteiger partial charge on any atom is -0.453 e. The summed E-state index contributed by atoms with van der Waals surface area (Å²) in [7, 11) is 0. The zero-order chi connectivity index (χ0) is 20.8. The van der Waals surface area contributed by atoms with Gasteiger partial charge in [0.2, 0.25) is 0 Å². The van der Waals surface area contributed by atoms with E-state index in [0.29, 0.717) is 54.8 Å². The Morgan fingerprint density at radius 2 is 2.03 bits per heavy atom. The first-order valence-electron chi connectivity index (χ1n) is 9.51. The van der Waals surface area contributed by atoms with E-state index in [4.69, 9.17) is 26.5 Å². The molecule has 4 rings (SSSR count). The lowest BCUT2D eigenvalue weighted by Gasteiger charge is -2.49. The van der Waals surface area contributed by atoms with Crippen LogP contribution in [0.4, 0.5) is 19.2 Å². The molecule has 0 amide bonds. The number of rotatable bonds is 2. The van der Waals surface area contributed by atoms with Gasteiger partial charge >= 0.3 is 12.1 Å². The van der Waals surface area contributed by atoms with Gasteiger partial charge in [-0.15, -0.1) is 0 Å². The van der Waals surface area contributed by atoms with Crippen LogP contribution in [0.1, 0.15) is 32.1 Å². The number of piperidine rings is 1. The number of oxazole rings is 1. The molecule has 1 saturated carbocycles. The highest BCUT2D eigenvalue weighted by atomic mass is 35.5. The van der Waals surface area contributed by atoms with Gasteiger partial charge in [-0.3, -0.25) is 0 Å². The van der Waals surface area contributed by atoms with Crippen LogP contribution < -0.4 is 10.6 Å². The Bertz CT molecular complexity index is 909. The minimum absolute atomic E-state index is 0.0272. The Morgan fingerprint density at radius 3 is 2.72 bits per heavy atom. The van der Waals surface area contributed by atoms with Gasteiger partial charge in [0.05, 0.1) is 6.54 Å². The van der Waals surface area contributed by atoms with Gasteiger partial charge in [-0.25, -0.2) is 4.79 Å². The molecule has 2 aliphatic rings. The van der Waals surface area contributed by atoms with Crippen LogP contribution in [-0.4, -0.2) is 42.4 Å². The number of hydrogen-bond donors (Lipinski definition) is 1. The number of carbonyl (C=O) groups is 1. The third-order valence-corrected chi connectivity index (χ3v) is 6.30. The number of ether oxygens (including phenoxy) is 1. The van der Waals surface area contributed by atoms with Crippen LogP contribution in [0, 0.1) is 5.41 Å². The van der Waals surface area contributed by atoms with Crippen molar-refractivity contribution < 1.29 is 27.1 Å². The molecule has 2 heterocycles. The molecule has 1 atom stereocenters. The predicted molar refractivity (Wildman–Crippen MR) is 101 cm³/mol. The van der Waals surface area contributed by atoms with Gasteiger partial charge in [-0.2, -0.15) is 18.2 Å². The van der Waals surface area contributed by atoms with Gasteiger partial charge in [0, 0.05) is 23.0 Å². The topological polar surface area (TPSA) is 81.6 Å². The highest BCUT2D eigenvalue weighted by Crippen LogP contribution is 2.47. The molecule has 1 unspecified atom stereocenters. The number of anilines is 1. The smallest absolute Gasteiger partial charge is 0.453 e. The van der Waals surface area contributed by atoms with E-state index in [0.717, 1.165) is 0 Å². The molecule has 2 N–H and O–H groups in total. The monoisotopic (exact) mass is 431 g/mol. The average molecular weight is 432 g/mol. The second-order valence-corrected chi connectivity index (χ2v) is 8.33. The third kappa shape index (κ3) is 4.02.